The number of rotatable bonds is 4. The lowest BCUT2D eigenvalue weighted by molar-refractivity contribution is 0.405. The van der Waals surface area contributed by atoms with Gasteiger partial charge in [0.2, 0.25) is 0 Å². The van der Waals surface area contributed by atoms with Crippen LogP contribution in [0.5, 0.6) is 5.75 Å². The van der Waals surface area contributed by atoms with Gasteiger partial charge in [-0.05, 0) is 24.3 Å². The Morgan fingerprint density at radius 3 is 2.45 bits per heavy atom. The van der Waals surface area contributed by atoms with Gasteiger partial charge < -0.3 is 4.74 Å². The second-order valence-electron chi connectivity index (χ2n) is 4.67. The molecule has 0 saturated carbocycles. The number of thioether (sulfide) groups is 1. The van der Waals surface area contributed by atoms with E-state index in [9.17, 15) is 4.39 Å². The Balaban J connectivity index is 2.53. The van der Waals surface area contributed by atoms with Crippen LogP contribution in [0, 0.1) is 5.82 Å². The molecule has 0 saturated heterocycles. The van der Waals surface area contributed by atoms with Crippen molar-refractivity contribution >= 4 is 11.8 Å². The van der Waals surface area contributed by atoms with Crippen LogP contribution in [0.1, 0.15) is 25.5 Å². The highest BCUT2D eigenvalue weighted by atomic mass is 32.2. The van der Waals surface area contributed by atoms with Gasteiger partial charge in [-0.1, -0.05) is 13.8 Å². The average molecular weight is 292 g/mol. The van der Waals surface area contributed by atoms with Crippen molar-refractivity contribution in [2.24, 2.45) is 0 Å². The van der Waals surface area contributed by atoms with Gasteiger partial charge in [0.25, 0.3) is 0 Å². The summed E-state index contributed by atoms with van der Waals surface area (Å²) in [7, 11) is 1.58. The van der Waals surface area contributed by atoms with Gasteiger partial charge in [-0.15, -0.1) is 11.8 Å². The molecular formula is C15H17FN2OS. The maximum atomic E-state index is 13.7. The summed E-state index contributed by atoms with van der Waals surface area (Å²) < 4.78 is 19.1. The van der Waals surface area contributed by atoms with E-state index in [1.807, 2.05) is 6.26 Å². The smallest absolute Gasteiger partial charge is 0.142 e. The van der Waals surface area contributed by atoms with E-state index in [0.717, 1.165) is 10.6 Å². The molecule has 2 aromatic rings. The molecule has 5 heteroatoms. The van der Waals surface area contributed by atoms with Crippen LogP contribution in [0.3, 0.4) is 0 Å². The summed E-state index contributed by atoms with van der Waals surface area (Å²) in [5, 5.41) is 0. The van der Waals surface area contributed by atoms with E-state index in [2.05, 4.69) is 23.8 Å². The van der Waals surface area contributed by atoms with Gasteiger partial charge in [0.15, 0.2) is 0 Å². The number of halogens is 1. The van der Waals surface area contributed by atoms with Crippen LogP contribution < -0.4 is 4.74 Å². The minimum absolute atomic E-state index is 0.306. The van der Waals surface area contributed by atoms with Gasteiger partial charge in [-0.25, -0.2) is 4.39 Å². The highest BCUT2D eigenvalue weighted by Crippen LogP contribution is 2.37. The summed E-state index contributed by atoms with van der Waals surface area (Å²) in [5.41, 5.74) is 2.15. The standard InChI is InChI=1S/C15H17FN2OS/c1-9(2)12-7-18-13(8-17-12)11-5-10(16)6-14(20-4)15(11)19-3/h5-9H,1-4H3. The lowest BCUT2D eigenvalue weighted by atomic mass is 10.1. The fourth-order valence-electron chi connectivity index (χ4n) is 1.90. The van der Waals surface area contributed by atoms with Crippen molar-refractivity contribution in [2.75, 3.05) is 13.4 Å². The quantitative estimate of drug-likeness (QED) is 0.793. The summed E-state index contributed by atoms with van der Waals surface area (Å²) in [6.45, 7) is 4.11. The van der Waals surface area contributed by atoms with Gasteiger partial charge >= 0.3 is 0 Å². The van der Waals surface area contributed by atoms with Crippen molar-refractivity contribution in [1.29, 1.82) is 0 Å². The minimum Gasteiger partial charge on any atom is -0.495 e. The molecule has 0 aliphatic carbocycles. The predicted molar refractivity (Wildman–Crippen MR) is 79.8 cm³/mol. The fraction of sp³-hybridized carbons (Fsp3) is 0.333. The molecule has 0 N–H and O–H groups in total. The third kappa shape index (κ3) is 2.93. The van der Waals surface area contributed by atoms with Crippen molar-refractivity contribution in [1.82, 2.24) is 9.97 Å². The van der Waals surface area contributed by atoms with Crippen LogP contribution in [-0.2, 0) is 0 Å². The fourth-order valence-corrected chi connectivity index (χ4v) is 2.51. The van der Waals surface area contributed by atoms with Crippen LogP contribution >= 0.6 is 11.8 Å². The largest absolute Gasteiger partial charge is 0.495 e. The molecule has 0 aliphatic heterocycles. The molecule has 1 heterocycles. The molecule has 1 aromatic heterocycles. The Morgan fingerprint density at radius 2 is 1.95 bits per heavy atom. The molecule has 0 atom stereocenters. The van der Waals surface area contributed by atoms with Gasteiger partial charge in [0.1, 0.15) is 11.6 Å². The Hall–Kier alpha value is -1.62. The first kappa shape index (κ1) is 14.8. The van der Waals surface area contributed by atoms with Crippen LogP contribution in [-0.4, -0.2) is 23.3 Å². The van der Waals surface area contributed by atoms with Crippen molar-refractivity contribution < 1.29 is 9.13 Å². The summed E-state index contributed by atoms with van der Waals surface area (Å²) >= 11 is 1.44. The van der Waals surface area contributed by atoms with Gasteiger partial charge in [0, 0.05) is 11.8 Å². The van der Waals surface area contributed by atoms with Crippen molar-refractivity contribution in [3.8, 4) is 17.0 Å². The lowest BCUT2D eigenvalue weighted by Crippen LogP contribution is -1.98. The van der Waals surface area contributed by atoms with Crippen LogP contribution in [0.25, 0.3) is 11.3 Å². The summed E-state index contributed by atoms with van der Waals surface area (Å²) in [6, 6.07) is 2.89. The highest BCUT2D eigenvalue weighted by Gasteiger charge is 2.15. The predicted octanol–water partition coefficient (Wildman–Crippen LogP) is 4.14. The summed E-state index contributed by atoms with van der Waals surface area (Å²) in [4.78, 5) is 9.49. The molecule has 0 radical (unpaired) electrons. The number of benzene rings is 1. The van der Waals surface area contributed by atoms with Crippen molar-refractivity contribution in [3.05, 3.63) is 36.0 Å². The molecule has 3 nitrogen and oxygen atoms in total. The minimum atomic E-state index is -0.306. The second-order valence-corrected chi connectivity index (χ2v) is 5.52. The summed E-state index contributed by atoms with van der Waals surface area (Å²) in [5.74, 6) is 0.637. The van der Waals surface area contributed by atoms with Crippen LogP contribution in [0.2, 0.25) is 0 Å². The molecule has 2 rings (SSSR count). The second kappa shape index (κ2) is 6.22. The molecule has 0 unspecified atom stereocenters. The first-order valence-corrected chi connectivity index (χ1v) is 7.53. The summed E-state index contributed by atoms with van der Waals surface area (Å²) in [6.07, 6.45) is 5.27. The highest BCUT2D eigenvalue weighted by molar-refractivity contribution is 7.98. The van der Waals surface area contributed by atoms with E-state index in [1.165, 1.54) is 23.9 Å². The molecule has 1 aromatic carbocycles. The van der Waals surface area contributed by atoms with Gasteiger partial charge in [0.05, 0.1) is 29.6 Å². The first-order valence-electron chi connectivity index (χ1n) is 6.30. The Bertz CT molecular complexity index is 600. The van der Waals surface area contributed by atoms with E-state index in [-0.39, 0.29) is 5.82 Å². The number of aromatic nitrogens is 2. The van der Waals surface area contributed by atoms with E-state index >= 15 is 0 Å². The molecule has 0 fully saturated rings. The molecule has 0 spiro atoms. The van der Waals surface area contributed by atoms with Gasteiger partial charge in [-0.3, -0.25) is 9.97 Å². The van der Waals surface area contributed by atoms with E-state index in [1.54, 1.807) is 19.5 Å². The van der Waals surface area contributed by atoms with Crippen LogP contribution in [0.15, 0.2) is 29.4 Å². The molecule has 0 bridgehead atoms. The Morgan fingerprint density at radius 1 is 1.20 bits per heavy atom. The monoisotopic (exact) mass is 292 g/mol. The van der Waals surface area contributed by atoms with Crippen molar-refractivity contribution in [3.63, 3.8) is 0 Å². The molecule has 106 valence electrons. The zero-order chi connectivity index (χ0) is 14.7. The van der Waals surface area contributed by atoms with E-state index in [0.29, 0.717) is 22.9 Å². The van der Waals surface area contributed by atoms with E-state index < -0.39 is 0 Å². The first-order chi connectivity index (χ1) is 9.56. The number of nitrogens with zero attached hydrogens (tertiary/aromatic N) is 2. The number of hydrogen-bond acceptors (Lipinski definition) is 4. The number of methoxy groups -OCH3 is 1. The Labute approximate surface area is 122 Å². The zero-order valence-electron chi connectivity index (χ0n) is 12.0. The number of ether oxygens (including phenoxy) is 1. The third-order valence-corrected chi connectivity index (χ3v) is 3.73. The maximum absolute atomic E-state index is 13.7. The SMILES string of the molecule is COc1c(SC)cc(F)cc1-c1cnc(C(C)C)cn1. The normalized spacial score (nSPS) is 10.9. The zero-order valence-corrected chi connectivity index (χ0v) is 12.8. The Kier molecular flexibility index (Phi) is 4.60. The van der Waals surface area contributed by atoms with Crippen LogP contribution in [0.4, 0.5) is 4.39 Å². The molecular weight excluding hydrogens is 275 g/mol. The van der Waals surface area contributed by atoms with Gasteiger partial charge in [-0.2, -0.15) is 0 Å². The third-order valence-electron chi connectivity index (χ3n) is 2.98. The average Bonchev–Trinajstić information content (AvgIpc) is 2.46. The molecule has 20 heavy (non-hydrogen) atoms. The number of hydrogen-bond donors (Lipinski definition) is 0. The lowest BCUT2D eigenvalue weighted by Gasteiger charge is -2.12. The maximum Gasteiger partial charge on any atom is 0.142 e. The molecule has 0 aliphatic rings. The topological polar surface area (TPSA) is 35.0 Å². The van der Waals surface area contributed by atoms with Crippen molar-refractivity contribution in [2.45, 2.75) is 24.7 Å². The van der Waals surface area contributed by atoms with E-state index in [4.69, 9.17) is 4.74 Å². The molecule has 0 amide bonds.